The average Bonchev–Trinajstić information content (AvgIpc) is 3.12. The van der Waals surface area contributed by atoms with Crippen LogP contribution in [0.2, 0.25) is 10.0 Å². The van der Waals surface area contributed by atoms with E-state index < -0.39 is 5.60 Å². The zero-order valence-electron chi connectivity index (χ0n) is 28.1. The van der Waals surface area contributed by atoms with E-state index in [-0.39, 0.29) is 30.8 Å². The minimum Gasteiger partial charge on any atom is -0.493 e. The number of nitrogens with zero attached hydrogens (tertiary/aromatic N) is 4. The van der Waals surface area contributed by atoms with Gasteiger partial charge in [0.05, 0.1) is 49.2 Å². The molecule has 3 aromatic carbocycles. The number of aliphatic hydroxyl groups is 1. The second-order valence-corrected chi connectivity index (χ2v) is 12.6. The lowest BCUT2D eigenvalue weighted by Gasteiger charge is -2.39. The molecular weight excluding hydrogens is 673 g/mol. The smallest absolute Gasteiger partial charge is 0.254 e. The third-order valence-electron chi connectivity index (χ3n) is 8.66. The molecule has 12 nitrogen and oxygen atoms in total. The van der Waals surface area contributed by atoms with Crippen LogP contribution < -0.4 is 19.9 Å². The van der Waals surface area contributed by atoms with Crippen LogP contribution in [0.5, 0.6) is 17.2 Å². The molecule has 1 amide bonds. The first-order valence-corrected chi connectivity index (χ1v) is 16.4. The Kier molecular flexibility index (Phi) is 13.4. The number of piperidine rings is 1. The summed E-state index contributed by atoms with van der Waals surface area (Å²) in [5.41, 5.74) is 7.30. The summed E-state index contributed by atoms with van der Waals surface area (Å²) in [7, 11) is 6.09. The number of rotatable bonds is 15. The van der Waals surface area contributed by atoms with Gasteiger partial charge >= 0.3 is 0 Å². The molecule has 0 bridgehead atoms. The molecule has 1 heterocycles. The van der Waals surface area contributed by atoms with Gasteiger partial charge in [0.1, 0.15) is 0 Å². The van der Waals surface area contributed by atoms with Crippen LogP contribution in [0.15, 0.2) is 71.0 Å². The Hall–Kier alpha value is -4.23. The minimum absolute atomic E-state index is 0.0460. The highest BCUT2D eigenvalue weighted by molar-refractivity contribution is 6.42. The highest BCUT2D eigenvalue weighted by Crippen LogP contribution is 2.39. The normalized spacial score (nSPS) is 15.7. The fourth-order valence-corrected chi connectivity index (χ4v) is 6.21. The molecule has 4 N–H and O–H groups in total. The first-order chi connectivity index (χ1) is 23.5. The highest BCUT2D eigenvalue weighted by atomic mass is 35.5. The summed E-state index contributed by atoms with van der Waals surface area (Å²) in [4.78, 5) is 23.1. The Morgan fingerprint density at radius 3 is 2.22 bits per heavy atom. The van der Waals surface area contributed by atoms with E-state index in [1.54, 1.807) is 31.3 Å². The molecule has 1 saturated heterocycles. The number of hydrogen-bond donors (Lipinski definition) is 3. The maximum absolute atomic E-state index is 13.8. The monoisotopic (exact) mass is 715 g/mol. The van der Waals surface area contributed by atoms with Gasteiger partial charge in [-0.2, -0.15) is 0 Å². The van der Waals surface area contributed by atoms with Gasteiger partial charge in [-0.3, -0.25) is 4.79 Å². The summed E-state index contributed by atoms with van der Waals surface area (Å²) in [6.45, 7) is 1.80. The summed E-state index contributed by atoms with van der Waals surface area (Å²) >= 11 is 12.8. The first-order valence-electron chi connectivity index (χ1n) is 15.7. The molecule has 0 spiro atoms. The second kappa shape index (κ2) is 17.4. The lowest BCUT2D eigenvalue weighted by atomic mass is 9.84. The van der Waals surface area contributed by atoms with E-state index in [4.69, 9.17) is 53.2 Å². The van der Waals surface area contributed by atoms with Crippen molar-refractivity contribution in [1.82, 2.24) is 9.80 Å². The summed E-state index contributed by atoms with van der Waals surface area (Å²) in [6.07, 6.45) is 1.74. The average molecular weight is 717 g/mol. The Morgan fingerprint density at radius 2 is 1.65 bits per heavy atom. The number of likely N-dealkylation sites (tertiary alicyclic amines) is 1. The number of methoxy groups -OCH3 is 3. The van der Waals surface area contributed by atoms with Crippen molar-refractivity contribution in [3.05, 3.63) is 87.4 Å². The maximum atomic E-state index is 13.8. The summed E-state index contributed by atoms with van der Waals surface area (Å²) in [6, 6.07) is 18.3. The third kappa shape index (κ3) is 9.48. The molecule has 1 atom stereocenters. The number of carbonyl (C=O) groups excluding carboxylic acids is 1. The molecule has 1 aliphatic rings. The van der Waals surface area contributed by atoms with Gasteiger partial charge in [-0.05, 0) is 61.2 Å². The van der Waals surface area contributed by atoms with Crippen LogP contribution >= 0.6 is 23.2 Å². The van der Waals surface area contributed by atoms with Gasteiger partial charge in [-0.15, -0.1) is 0 Å². The minimum atomic E-state index is -0.884. The number of hydrogen-bond acceptors (Lipinski definition) is 10. The van der Waals surface area contributed by atoms with Crippen molar-refractivity contribution in [1.29, 1.82) is 0 Å². The molecule has 3 aromatic rings. The molecule has 1 aliphatic heterocycles. The van der Waals surface area contributed by atoms with Gasteiger partial charge in [0.25, 0.3) is 5.91 Å². The number of ether oxygens (including phenoxy) is 3. The SMILES string of the molecule is COc1cc(C(=O)N(C)CC(=NOCC(N)=NO)C(CCN2CCC(O)(c3ccccc3)CC2)c2ccc(Cl)c(Cl)c2)cc(OC)c1OC. The van der Waals surface area contributed by atoms with Crippen molar-refractivity contribution in [3.63, 3.8) is 0 Å². The zero-order chi connectivity index (χ0) is 35.6. The van der Waals surface area contributed by atoms with E-state index in [9.17, 15) is 9.90 Å². The Labute approximate surface area is 296 Å². The van der Waals surface area contributed by atoms with Gasteiger partial charge in [-0.1, -0.05) is 69.9 Å². The molecule has 14 heteroatoms. The number of nitrogens with two attached hydrogens (primary N) is 1. The van der Waals surface area contributed by atoms with Crippen LogP contribution in [0.25, 0.3) is 0 Å². The number of amides is 1. The number of amidine groups is 1. The maximum Gasteiger partial charge on any atom is 0.254 e. The van der Waals surface area contributed by atoms with E-state index >= 15 is 0 Å². The second-order valence-electron chi connectivity index (χ2n) is 11.8. The van der Waals surface area contributed by atoms with E-state index in [0.717, 1.165) is 11.1 Å². The topological polar surface area (TPSA) is 152 Å². The largest absolute Gasteiger partial charge is 0.493 e. The molecule has 49 heavy (non-hydrogen) atoms. The number of benzene rings is 3. The lowest BCUT2D eigenvalue weighted by Crippen LogP contribution is -2.43. The van der Waals surface area contributed by atoms with Crippen LogP contribution in [0, 0.1) is 0 Å². The molecule has 1 fully saturated rings. The van der Waals surface area contributed by atoms with Crippen LogP contribution in [0.4, 0.5) is 0 Å². The van der Waals surface area contributed by atoms with Crippen molar-refractivity contribution in [3.8, 4) is 17.2 Å². The van der Waals surface area contributed by atoms with Crippen molar-refractivity contribution >= 4 is 40.7 Å². The molecule has 264 valence electrons. The summed E-state index contributed by atoms with van der Waals surface area (Å²) in [5, 5.41) is 28.6. The van der Waals surface area contributed by atoms with Crippen LogP contribution in [-0.2, 0) is 10.4 Å². The van der Waals surface area contributed by atoms with Gasteiger partial charge < -0.3 is 44.9 Å². The van der Waals surface area contributed by atoms with E-state index in [1.165, 1.54) is 26.2 Å². The van der Waals surface area contributed by atoms with Crippen molar-refractivity contribution in [2.75, 3.05) is 61.2 Å². The Balaban J connectivity index is 1.62. The predicted molar refractivity (Wildman–Crippen MR) is 190 cm³/mol. The van der Waals surface area contributed by atoms with Gasteiger partial charge in [0, 0.05) is 31.6 Å². The molecule has 0 aromatic heterocycles. The third-order valence-corrected chi connectivity index (χ3v) is 9.40. The Morgan fingerprint density at radius 1 is 1.00 bits per heavy atom. The van der Waals surface area contributed by atoms with E-state index in [1.807, 2.05) is 36.4 Å². The fourth-order valence-electron chi connectivity index (χ4n) is 5.90. The molecule has 0 saturated carbocycles. The number of oxime groups is 2. The zero-order valence-corrected chi connectivity index (χ0v) is 29.6. The molecule has 0 aliphatic carbocycles. The predicted octanol–water partition coefficient (Wildman–Crippen LogP) is 5.37. The quantitative estimate of drug-likeness (QED) is 0.0817. The van der Waals surface area contributed by atoms with Gasteiger partial charge in [0.2, 0.25) is 5.75 Å². The van der Waals surface area contributed by atoms with Gasteiger partial charge in [0.15, 0.2) is 23.9 Å². The van der Waals surface area contributed by atoms with Crippen LogP contribution in [0.3, 0.4) is 0 Å². The van der Waals surface area contributed by atoms with E-state index in [2.05, 4.69) is 15.2 Å². The highest BCUT2D eigenvalue weighted by Gasteiger charge is 2.34. The Bertz CT molecular complexity index is 1610. The van der Waals surface area contributed by atoms with Crippen molar-refractivity contribution in [2.24, 2.45) is 16.0 Å². The van der Waals surface area contributed by atoms with Gasteiger partial charge in [-0.25, -0.2) is 0 Å². The molecule has 4 rings (SSSR count). The summed E-state index contributed by atoms with van der Waals surface area (Å²) in [5.74, 6) is 0.144. The fraction of sp³-hybridized carbons (Fsp3) is 0.400. The molecule has 0 radical (unpaired) electrons. The van der Waals surface area contributed by atoms with E-state index in [0.29, 0.717) is 77.5 Å². The molecule has 1 unspecified atom stereocenters. The van der Waals surface area contributed by atoms with Crippen LogP contribution in [0.1, 0.15) is 46.7 Å². The number of halogens is 2. The number of carbonyl (C=O) groups is 1. The van der Waals surface area contributed by atoms with Crippen molar-refractivity contribution < 1.29 is 34.2 Å². The van der Waals surface area contributed by atoms with Crippen LogP contribution in [-0.4, -0.2) is 98.7 Å². The molecular formula is C35H43Cl2N5O7. The lowest BCUT2D eigenvalue weighted by molar-refractivity contribution is -0.0261. The summed E-state index contributed by atoms with van der Waals surface area (Å²) < 4.78 is 16.3. The first kappa shape index (κ1) is 37.6. The standard InChI is InChI=1S/C35H43Cl2N5O7/c1-41(34(43)24-19-30(46-2)33(48-4)31(20-24)47-3)21-29(40-49-22-32(38)39-45)26(23-10-11-27(36)28(37)18-23)12-15-42-16-13-35(44,14-17-42)25-8-6-5-7-9-25/h5-11,18-20,26,44-45H,12-17,21-22H2,1-4H3,(H2,38,39). The van der Waals surface area contributed by atoms with Crippen molar-refractivity contribution in [2.45, 2.75) is 30.8 Å².